The normalized spacial score (nSPS) is 12.2. The zero-order valence-electron chi connectivity index (χ0n) is 24.8. The SMILES string of the molecule is CCCc1nc2c(C)cc(CNC(=O)[C@@H](CS)CC(C)C)cc2n1Cc1ccc(-c2ccccc2-c2nn[nH]n2)cc1. The maximum absolute atomic E-state index is 12.9. The van der Waals surface area contributed by atoms with Crippen molar-refractivity contribution >= 4 is 29.6 Å². The monoisotopic (exact) mass is 581 g/mol. The lowest BCUT2D eigenvalue weighted by molar-refractivity contribution is -0.124. The van der Waals surface area contributed by atoms with Crippen LogP contribution in [0.25, 0.3) is 33.5 Å². The molecule has 0 saturated heterocycles. The molecule has 5 rings (SSSR count). The fraction of sp³-hybridized carbons (Fsp3) is 0.364. The molecule has 0 aliphatic rings. The van der Waals surface area contributed by atoms with Gasteiger partial charge in [0.05, 0.1) is 11.0 Å². The van der Waals surface area contributed by atoms with E-state index < -0.39 is 0 Å². The summed E-state index contributed by atoms with van der Waals surface area (Å²) in [6.45, 7) is 9.76. The number of nitrogens with zero attached hydrogens (tertiary/aromatic N) is 5. The van der Waals surface area contributed by atoms with Crippen LogP contribution in [0, 0.1) is 18.8 Å². The van der Waals surface area contributed by atoms with Gasteiger partial charge in [-0.2, -0.15) is 17.8 Å². The first kappa shape index (κ1) is 29.5. The molecule has 2 heterocycles. The molecule has 5 aromatic rings. The second kappa shape index (κ2) is 13.3. The number of hydrogen-bond donors (Lipinski definition) is 3. The summed E-state index contributed by atoms with van der Waals surface area (Å²) in [4.78, 5) is 17.9. The minimum Gasteiger partial charge on any atom is -0.352 e. The Kier molecular flexibility index (Phi) is 9.37. The van der Waals surface area contributed by atoms with Gasteiger partial charge in [0, 0.05) is 36.7 Å². The van der Waals surface area contributed by atoms with Crippen LogP contribution in [0.4, 0.5) is 0 Å². The fourth-order valence-electron chi connectivity index (χ4n) is 5.55. The van der Waals surface area contributed by atoms with Gasteiger partial charge in [-0.15, -0.1) is 10.2 Å². The minimum atomic E-state index is -0.0815. The van der Waals surface area contributed by atoms with Crippen LogP contribution in [0.2, 0.25) is 0 Å². The Hall–Kier alpha value is -3.98. The number of aromatic nitrogens is 6. The lowest BCUT2D eigenvalue weighted by Crippen LogP contribution is -2.32. The summed E-state index contributed by atoms with van der Waals surface area (Å²) >= 11 is 4.42. The van der Waals surface area contributed by atoms with E-state index in [9.17, 15) is 4.79 Å². The van der Waals surface area contributed by atoms with Crippen LogP contribution in [-0.2, 0) is 24.3 Å². The van der Waals surface area contributed by atoms with E-state index in [0.29, 0.717) is 30.6 Å². The Morgan fingerprint density at radius 1 is 1.05 bits per heavy atom. The van der Waals surface area contributed by atoms with E-state index >= 15 is 0 Å². The summed E-state index contributed by atoms with van der Waals surface area (Å²) in [5, 5.41) is 17.8. The molecule has 8 nitrogen and oxygen atoms in total. The van der Waals surface area contributed by atoms with Crippen molar-refractivity contribution in [1.29, 1.82) is 0 Å². The molecule has 2 N–H and O–H groups in total. The van der Waals surface area contributed by atoms with Crippen LogP contribution in [-0.4, -0.2) is 41.8 Å². The quantitative estimate of drug-likeness (QED) is 0.148. The highest BCUT2D eigenvalue weighted by molar-refractivity contribution is 7.80. The van der Waals surface area contributed by atoms with Crippen molar-refractivity contribution in [1.82, 2.24) is 35.5 Å². The number of tetrazole rings is 1. The van der Waals surface area contributed by atoms with Crippen LogP contribution in [0.15, 0.2) is 60.7 Å². The van der Waals surface area contributed by atoms with Gasteiger partial charge in [0.2, 0.25) is 11.7 Å². The molecule has 9 heteroatoms. The topological polar surface area (TPSA) is 101 Å². The lowest BCUT2D eigenvalue weighted by Gasteiger charge is -2.17. The summed E-state index contributed by atoms with van der Waals surface area (Å²) in [7, 11) is 0. The molecule has 0 fully saturated rings. The number of thiol groups is 1. The molecule has 1 atom stereocenters. The van der Waals surface area contributed by atoms with E-state index in [1.54, 1.807) is 0 Å². The van der Waals surface area contributed by atoms with Gasteiger partial charge in [-0.1, -0.05) is 75.4 Å². The molecule has 218 valence electrons. The Morgan fingerprint density at radius 3 is 2.48 bits per heavy atom. The number of carbonyl (C=O) groups excluding carboxylic acids is 1. The molecule has 0 spiro atoms. The number of aromatic amines is 1. The predicted octanol–water partition coefficient (Wildman–Crippen LogP) is 6.40. The Balaban J connectivity index is 1.41. The highest BCUT2D eigenvalue weighted by Gasteiger charge is 2.19. The number of H-pyrrole nitrogens is 1. The standard InChI is InChI=1S/C33H39N7OS/c1-5-8-30-35-31-22(4)16-24(18-34-33(41)26(20-42)15-21(2)3)17-29(31)40(30)19-23-11-13-25(14-12-23)27-9-6-7-10-28(27)32-36-38-39-37-32/h6-7,9-14,16-17,21,26,42H,5,8,15,18-20H2,1-4H3,(H,34,41)(H,36,37,38,39)/t26-/m1/s1. The van der Waals surface area contributed by atoms with Gasteiger partial charge >= 0.3 is 0 Å². The second-order valence-electron chi connectivity index (χ2n) is 11.3. The highest BCUT2D eigenvalue weighted by Crippen LogP contribution is 2.30. The van der Waals surface area contributed by atoms with E-state index in [0.717, 1.165) is 63.9 Å². The number of fused-ring (bicyclic) bond motifs is 1. The number of hydrogen-bond acceptors (Lipinski definition) is 6. The van der Waals surface area contributed by atoms with Gasteiger partial charge in [-0.25, -0.2) is 4.98 Å². The second-order valence-corrected chi connectivity index (χ2v) is 11.7. The molecule has 0 bridgehead atoms. The van der Waals surface area contributed by atoms with Crippen LogP contribution in [0.1, 0.15) is 56.1 Å². The van der Waals surface area contributed by atoms with Crippen molar-refractivity contribution in [2.45, 2.75) is 60.0 Å². The van der Waals surface area contributed by atoms with Gasteiger partial charge in [0.1, 0.15) is 5.82 Å². The summed E-state index contributed by atoms with van der Waals surface area (Å²) in [5.74, 6) is 2.64. The van der Waals surface area contributed by atoms with Crippen LogP contribution in [0.5, 0.6) is 0 Å². The maximum Gasteiger partial charge on any atom is 0.224 e. The van der Waals surface area contributed by atoms with E-state index in [1.165, 1.54) is 5.56 Å². The molecule has 0 unspecified atom stereocenters. The highest BCUT2D eigenvalue weighted by atomic mass is 32.1. The van der Waals surface area contributed by atoms with Crippen LogP contribution in [0.3, 0.4) is 0 Å². The maximum atomic E-state index is 12.9. The Morgan fingerprint density at radius 2 is 1.81 bits per heavy atom. The zero-order chi connectivity index (χ0) is 29.6. The summed E-state index contributed by atoms with van der Waals surface area (Å²) in [6, 6.07) is 21.1. The summed E-state index contributed by atoms with van der Waals surface area (Å²) in [6.07, 6.45) is 2.75. The first-order valence-corrected chi connectivity index (χ1v) is 15.3. The third-order valence-electron chi connectivity index (χ3n) is 7.59. The third-order valence-corrected chi connectivity index (χ3v) is 8.03. The van der Waals surface area contributed by atoms with Crippen molar-refractivity contribution < 1.29 is 4.79 Å². The molecule has 3 aromatic carbocycles. The fourth-order valence-corrected chi connectivity index (χ4v) is 5.87. The van der Waals surface area contributed by atoms with Crippen molar-refractivity contribution in [3.8, 4) is 22.5 Å². The molecule has 0 radical (unpaired) electrons. The number of aryl methyl sites for hydroxylation is 2. The number of amides is 1. The van der Waals surface area contributed by atoms with Gasteiger partial charge in [-0.3, -0.25) is 4.79 Å². The Labute approximate surface area is 252 Å². The van der Waals surface area contributed by atoms with Crippen molar-refractivity contribution in [3.05, 3.63) is 83.2 Å². The third kappa shape index (κ3) is 6.57. The average Bonchev–Trinajstić information content (AvgIpc) is 3.65. The smallest absolute Gasteiger partial charge is 0.224 e. The molecule has 1 amide bonds. The van der Waals surface area contributed by atoms with Crippen molar-refractivity contribution in [2.24, 2.45) is 11.8 Å². The van der Waals surface area contributed by atoms with Gasteiger partial charge in [0.25, 0.3) is 0 Å². The Bertz CT molecular complexity index is 1640. The largest absolute Gasteiger partial charge is 0.352 e. The van der Waals surface area contributed by atoms with Gasteiger partial charge in [0.15, 0.2) is 0 Å². The molecule has 0 aliphatic heterocycles. The number of rotatable bonds is 12. The molecule has 42 heavy (non-hydrogen) atoms. The molecule has 0 aliphatic carbocycles. The predicted molar refractivity (Wildman–Crippen MR) is 171 cm³/mol. The molecular weight excluding hydrogens is 542 g/mol. The van der Waals surface area contributed by atoms with Gasteiger partial charge in [-0.05, 0) is 64.8 Å². The number of imidazole rings is 1. The molecular formula is C33H39N7OS. The van der Waals surface area contributed by atoms with E-state index in [2.05, 4.69) is 113 Å². The molecule has 2 aromatic heterocycles. The lowest BCUT2D eigenvalue weighted by atomic mass is 9.98. The van der Waals surface area contributed by atoms with E-state index in [4.69, 9.17) is 4.98 Å². The van der Waals surface area contributed by atoms with Crippen molar-refractivity contribution in [3.63, 3.8) is 0 Å². The average molecular weight is 582 g/mol. The first-order valence-electron chi connectivity index (χ1n) is 14.7. The summed E-state index contributed by atoms with van der Waals surface area (Å²) in [5.41, 5.74) is 8.59. The van der Waals surface area contributed by atoms with Crippen LogP contribution >= 0.6 is 12.6 Å². The van der Waals surface area contributed by atoms with E-state index in [1.807, 2.05) is 18.2 Å². The number of benzene rings is 3. The number of carbonyl (C=O) groups is 1. The minimum absolute atomic E-state index is 0.0672. The summed E-state index contributed by atoms with van der Waals surface area (Å²) < 4.78 is 2.33. The van der Waals surface area contributed by atoms with E-state index in [-0.39, 0.29) is 11.8 Å². The van der Waals surface area contributed by atoms with Gasteiger partial charge < -0.3 is 9.88 Å². The zero-order valence-corrected chi connectivity index (χ0v) is 25.7. The number of nitrogens with one attached hydrogen (secondary N) is 2. The van der Waals surface area contributed by atoms with Crippen LogP contribution < -0.4 is 5.32 Å². The molecule has 0 saturated carbocycles. The van der Waals surface area contributed by atoms with Crippen molar-refractivity contribution in [2.75, 3.05) is 5.75 Å². The first-order chi connectivity index (χ1) is 20.4.